The van der Waals surface area contributed by atoms with Gasteiger partial charge in [-0.15, -0.1) is 0 Å². The molecule has 0 aliphatic heterocycles. The number of anilines is 1. The van der Waals surface area contributed by atoms with Gasteiger partial charge in [0.15, 0.2) is 0 Å². The molecule has 3 rings (SSSR count). The standard InChI is InChI=1S/C17H17ClN6O3/c1-12-16(24(26)27)11-22(21-12)7-6-17(25)20-14-8-19-23(10-14)9-13-4-2-3-5-15(13)18/h2-5,8,10-11H,6-7,9H2,1H3,(H,20,25). The number of carbonyl (C=O) groups excluding carboxylic acids is 1. The number of benzene rings is 1. The maximum absolute atomic E-state index is 12.1. The average molecular weight is 389 g/mol. The lowest BCUT2D eigenvalue weighted by molar-refractivity contribution is -0.385. The second-order valence-corrected chi connectivity index (χ2v) is 6.34. The van der Waals surface area contributed by atoms with E-state index >= 15 is 0 Å². The van der Waals surface area contributed by atoms with E-state index in [0.29, 0.717) is 22.9 Å². The Morgan fingerprint density at radius 1 is 1.30 bits per heavy atom. The molecule has 0 aliphatic carbocycles. The van der Waals surface area contributed by atoms with Crippen LogP contribution >= 0.6 is 11.6 Å². The van der Waals surface area contributed by atoms with E-state index in [1.807, 2.05) is 24.3 Å². The van der Waals surface area contributed by atoms with Crippen molar-refractivity contribution < 1.29 is 9.72 Å². The molecule has 0 atom stereocenters. The number of nitro groups is 1. The zero-order valence-corrected chi connectivity index (χ0v) is 15.3. The minimum absolute atomic E-state index is 0.0590. The SMILES string of the molecule is Cc1nn(CCC(=O)Nc2cnn(Cc3ccccc3Cl)c2)cc1[N+](=O)[O-]. The van der Waals surface area contributed by atoms with Gasteiger partial charge in [0.1, 0.15) is 11.9 Å². The molecule has 2 aromatic heterocycles. The normalized spacial score (nSPS) is 10.7. The molecule has 0 bridgehead atoms. The van der Waals surface area contributed by atoms with Gasteiger partial charge in [0.25, 0.3) is 0 Å². The summed E-state index contributed by atoms with van der Waals surface area (Å²) in [6.07, 6.45) is 4.72. The molecule has 2 heterocycles. The molecule has 0 fully saturated rings. The molecule has 1 aromatic carbocycles. The fourth-order valence-corrected chi connectivity index (χ4v) is 2.75. The van der Waals surface area contributed by atoms with Crippen LogP contribution in [-0.2, 0) is 17.9 Å². The largest absolute Gasteiger partial charge is 0.323 e. The Labute approximate surface area is 159 Å². The van der Waals surface area contributed by atoms with Crippen LogP contribution in [0.5, 0.6) is 0 Å². The first-order valence-corrected chi connectivity index (χ1v) is 8.54. The summed E-state index contributed by atoms with van der Waals surface area (Å²) < 4.78 is 3.07. The molecule has 140 valence electrons. The number of carbonyl (C=O) groups is 1. The number of aryl methyl sites for hydroxylation is 2. The maximum atomic E-state index is 12.1. The second-order valence-electron chi connectivity index (χ2n) is 5.94. The molecule has 9 nitrogen and oxygen atoms in total. The Morgan fingerprint density at radius 3 is 2.78 bits per heavy atom. The van der Waals surface area contributed by atoms with Crippen LogP contribution in [0, 0.1) is 17.0 Å². The van der Waals surface area contributed by atoms with Gasteiger partial charge in [-0.05, 0) is 18.6 Å². The molecule has 3 aromatic rings. The van der Waals surface area contributed by atoms with Crippen molar-refractivity contribution in [3.63, 3.8) is 0 Å². The van der Waals surface area contributed by atoms with Crippen LogP contribution in [0.25, 0.3) is 0 Å². The molecule has 1 N–H and O–H groups in total. The van der Waals surface area contributed by atoms with E-state index in [2.05, 4.69) is 15.5 Å². The molecule has 0 saturated heterocycles. The van der Waals surface area contributed by atoms with Crippen molar-refractivity contribution in [3.8, 4) is 0 Å². The quantitative estimate of drug-likeness (QED) is 0.494. The van der Waals surface area contributed by atoms with Crippen molar-refractivity contribution in [2.45, 2.75) is 26.4 Å². The van der Waals surface area contributed by atoms with E-state index in [-0.39, 0.29) is 24.6 Å². The number of amides is 1. The Balaban J connectivity index is 1.54. The van der Waals surface area contributed by atoms with Crippen LogP contribution in [0.4, 0.5) is 11.4 Å². The summed E-state index contributed by atoms with van der Waals surface area (Å²) in [5.74, 6) is -0.233. The molecule has 0 unspecified atom stereocenters. The van der Waals surface area contributed by atoms with Gasteiger partial charge in [-0.2, -0.15) is 10.2 Å². The first-order chi connectivity index (χ1) is 12.9. The fraction of sp³-hybridized carbons (Fsp3) is 0.235. The van der Waals surface area contributed by atoms with Crippen molar-refractivity contribution in [1.29, 1.82) is 0 Å². The monoisotopic (exact) mass is 388 g/mol. The summed E-state index contributed by atoms with van der Waals surface area (Å²) in [6, 6.07) is 7.48. The lowest BCUT2D eigenvalue weighted by Gasteiger charge is -2.04. The van der Waals surface area contributed by atoms with E-state index in [0.717, 1.165) is 5.56 Å². The minimum Gasteiger partial charge on any atom is -0.323 e. The van der Waals surface area contributed by atoms with Gasteiger partial charge in [-0.3, -0.25) is 24.3 Å². The number of hydrogen-bond acceptors (Lipinski definition) is 5. The van der Waals surface area contributed by atoms with Gasteiger partial charge in [0, 0.05) is 24.2 Å². The summed E-state index contributed by atoms with van der Waals surface area (Å²) in [7, 11) is 0. The highest BCUT2D eigenvalue weighted by Crippen LogP contribution is 2.17. The van der Waals surface area contributed by atoms with Crippen LogP contribution in [0.3, 0.4) is 0 Å². The summed E-state index contributed by atoms with van der Waals surface area (Å²) in [6.45, 7) is 2.29. The Hall–Kier alpha value is -3.20. The topological polar surface area (TPSA) is 108 Å². The Bertz CT molecular complexity index is 981. The number of nitrogens with one attached hydrogen (secondary N) is 1. The Kier molecular flexibility index (Phi) is 5.51. The van der Waals surface area contributed by atoms with Gasteiger partial charge in [-0.25, -0.2) is 0 Å². The van der Waals surface area contributed by atoms with Crippen LogP contribution < -0.4 is 5.32 Å². The van der Waals surface area contributed by atoms with Crippen LogP contribution in [0.1, 0.15) is 17.7 Å². The van der Waals surface area contributed by atoms with Gasteiger partial charge < -0.3 is 5.32 Å². The van der Waals surface area contributed by atoms with Crippen molar-refractivity contribution in [1.82, 2.24) is 19.6 Å². The lowest BCUT2D eigenvalue weighted by Crippen LogP contribution is -2.14. The average Bonchev–Trinajstić information content (AvgIpc) is 3.21. The molecule has 10 heteroatoms. The molecule has 27 heavy (non-hydrogen) atoms. The van der Waals surface area contributed by atoms with Crippen LogP contribution in [-0.4, -0.2) is 30.4 Å². The van der Waals surface area contributed by atoms with E-state index in [9.17, 15) is 14.9 Å². The zero-order valence-electron chi connectivity index (χ0n) is 14.5. The molecule has 0 aliphatic rings. The van der Waals surface area contributed by atoms with Crippen molar-refractivity contribution in [3.05, 3.63) is 69.3 Å². The predicted octanol–water partition coefficient (Wildman–Crippen LogP) is 3.03. The molecule has 1 amide bonds. The van der Waals surface area contributed by atoms with E-state index < -0.39 is 4.92 Å². The molecular weight excluding hydrogens is 372 g/mol. The van der Waals surface area contributed by atoms with Gasteiger partial charge in [0.05, 0.1) is 23.4 Å². The van der Waals surface area contributed by atoms with Gasteiger partial charge in [0.2, 0.25) is 5.91 Å². The lowest BCUT2D eigenvalue weighted by atomic mass is 10.2. The molecule has 0 spiro atoms. The van der Waals surface area contributed by atoms with Crippen molar-refractivity contribution >= 4 is 28.9 Å². The minimum atomic E-state index is -0.494. The third kappa shape index (κ3) is 4.70. The highest BCUT2D eigenvalue weighted by Gasteiger charge is 2.15. The fourth-order valence-electron chi connectivity index (χ4n) is 2.56. The summed E-state index contributed by atoms with van der Waals surface area (Å²) in [5, 5.41) is 22.5. The summed E-state index contributed by atoms with van der Waals surface area (Å²) >= 11 is 6.14. The first kappa shape index (κ1) is 18.6. The maximum Gasteiger partial charge on any atom is 0.309 e. The highest BCUT2D eigenvalue weighted by molar-refractivity contribution is 6.31. The predicted molar refractivity (Wildman–Crippen MR) is 99.6 cm³/mol. The Morgan fingerprint density at radius 2 is 2.07 bits per heavy atom. The van der Waals surface area contributed by atoms with Crippen LogP contribution in [0.2, 0.25) is 5.02 Å². The van der Waals surface area contributed by atoms with Gasteiger partial charge in [-0.1, -0.05) is 29.8 Å². The van der Waals surface area contributed by atoms with E-state index in [1.165, 1.54) is 10.9 Å². The number of hydrogen-bond donors (Lipinski definition) is 1. The van der Waals surface area contributed by atoms with E-state index in [1.54, 1.807) is 24.0 Å². The van der Waals surface area contributed by atoms with Gasteiger partial charge >= 0.3 is 5.69 Å². The molecular formula is C17H17ClN6O3. The summed E-state index contributed by atoms with van der Waals surface area (Å²) in [4.78, 5) is 22.4. The molecule has 0 radical (unpaired) electrons. The van der Waals surface area contributed by atoms with Crippen molar-refractivity contribution in [2.75, 3.05) is 5.32 Å². The summed E-state index contributed by atoms with van der Waals surface area (Å²) in [5.41, 5.74) is 1.75. The number of nitrogens with zero attached hydrogens (tertiary/aromatic N) is 5. The first-order valence-electron chi connectivity index (χ1n) is 8.16. The zero-order chi connectivity index (χ0) is 19.4. The third-order valence-electron chi connectivity index (χ3n) is 3.89. The number of rotatable bonds is 7. The third-order valence-corrected chi connectivity index (χ3v) is 4.26. The van der Waals surface area contributed by atoms with Crippen molar-refractivity contribution in [2.24, 2.45) is 0 Å². The second kappa shape index (κ2) is 8.00. The van der Waals surface area contributed by atoms with E-state index in [4.69, 9.17) is 11.6 Å². The van der Waals surface area contributed by atoms with Crippen LogP contribution in [0.15, 0.2) is 42.9 Å². The smallest absolute Gasteiger partial charge is 0.309 e. The molecule has 0 saturated carbocycles. The number of aromatic nitrogens is 4. The highest BCUT2D eigenvalue weighted by atomic mass is 35.5. The number of halogens is 1.